The highest BCUT2D eigenvalue weighted by Crippen LogP contribution is 2.02. The van der Waals surface area contributed by atoms with Crippen LogP contribution >= 0.6 is 0 Å². The summed E-state index contributed by atoms with van der Waals surface area (Å²) in [5, 5.41) is 23.3. The first kappa shape index (κ1) is 21.6. The molecule has 0 rings (SSSR count). The van der Waals surface area contributed by atoms with Gasteiger partial charge in [-0.25, -0.2) is 4.79 Å². The van der Waals surface area contributed by atoms with Crippen molar-refractivity contribution in [2.75, 3.05) is 13.1 Å². The van der Waals surface area contributed by atoms with Crippen molar-refractivity contribution in [3.05, 3.63) is 0 Å². The fourth-order valence-electron chi connectivity index (χ4n) is 1.95. The van der Waals surface area contributed by atoms with Gasteiger partial charge in [0.15, 0.2) is 5.96 Å². The van der Waals surface area contributed by atoms with E-state index in [2.05, 4.69) is 16.0 Å². The maximum absolute atomic E-state index is 11.7. The van der Waals surface area contributed by atoms with Gasteiger partial charge in [-0.3, -0.25) is 15.0 Å². The van der Waals surface area contributed by atoms with Crippen LogP contribution in [-0.4, -0.2) is 54.0 Å². The van der Waals surface area contributed by atoms with E-state index in [1.165, 1.54) is 0 Å². The number of hydrogen-bond donors (Lipinski definition) is 7. The Kier molecular flexibility index (Phi) is 10.1. The predicted molar refractivity (Wildman–Crippen MR) is 89.2 cm³/mol. The molecule has 0 aromatic carbocycles. The number of rotatable bonds is 11. The largest absolute Gasteiger partial charge is 0.480 e. The molecular formula is C14H28N6O4. The molecule has 0 aliphatic carbocycles. The molecule has 0 saturated heterocycles. The number of nitrogens with one attached hydrogen (secondary N) is 4. The van der Waals surface area contributed by atoms with Gasteiger partial charge in [-0.1, -0.05) is 13.8 Å². The lowest BCUT2D eigenvalue weighted by atomic mass is 10.0. The second-order valence-electron chi connectivity index (χ2n) is 5.89. The predicted octanol–water partition coefficient (Wildman–Crippen LogP) is -1.69. The van der Waals surface area contributed by atoms with Gasteiger partial charge in [-0.05, 0) is 25.2 Å². The van der Waals surface area contributed by atoms with Gasteiger partial charge >= 0.3 is 5.97 Å². The molecule has 2 atom stereocenters. The van der Waals surface area contributed by atoms with Crippen molar-refractivity contribution >= 4 is 23.7 Å². The van der Waals surface area contributed by atoms with E-state index in [9.17, 15) is 14.4 Å². The van der Waals surface area contributed by atoms with Crippen LogP contribution in [0.3, 0.4) is 0 Å². The molecule has 0 saturated carbocycles. The number of carboxylic acids is 1. The van der Waals surface area contributed by atoms with Gasteiger partial charge in [0.25, 0.3) is 0 Å². The van der Waals surface area contributed by atoms with E-state index < -0.39 is 29.9 Å². The average molecular weight is 344 g/mol. The van der Waals surface area contributed by atoms with E-state index in [1.54, 1.807) is 0 Å². The maximum Gasteiger partial charge on any atom is 0.326 e. The van der Waals surface area contributed by atoms with Crippen LogP contribution < -0.4 is 27.4 Å². The molecule has 0 aliphatic rings. The van der Waals surface area contributed by atoms with E-state index in [4.69, 9.17) is 22.0 Å². The third-order valence-corrected chi connectivity index (χ3v) is 3.10. The van der Waals surface area contributed by atoms with Crippen molar-refractivity contribution in [1.29, 1.82) is 5.41 Å². The van der Waals surface area contributed by atoms with Gasteiger partial charge in [-0.15, -0.1) is 0 Å². The first-order chi connectivity index (χ1) is 11.1. The molecule has 0 unspecified atom stereocenters. The van der Waals surface area contributed by atoms with Crippen LogP contribution in [0.25, 0.3) is 0 Å². The molecular weight excluding hydrogens is 316 g/mol. The molecule has 0 radical (unpaired) electrons. The molecule has 2 amide bonds. The van der Waals surface area contributed by atoms with Crippen LogP contribution in [0.4, 0.5) is 0 Å². The van der Waals surface area contributed by atoms with Crippen molar-refractivity contribution in [3.8, 4) is 0 Å². The first-order valence-electron chi connectivity index (χ1n) is 7.76. The smallest absolute Gasteiger partial charge is 0.326 e. The Morgan fingerprint density at radius 3 is 2.33 bits per heavy atom. The number of carboxylic acid groups (broad SMARTS) is 1. The van der Waals surface area contributed by atoms with Gasteiger partial charge in [0.05, 0.1) is 12.6 Å². The Balaban J connectivity index is 4.21. The molecule has 9 N–H and O–H groups in total. The van der Waals surface area contributed by atoms with Gasteiger partial charge in [0.1, 0.15) is 6.04 Å². The lowest BCUT2D eigenvalue weighted by Crippen LogP contribution is -2.48. The Morgan fingerprint density at radius 1 is 1.21 bits per heavy atom. The third kappa shape index (κ3) is 10.4. The number of nitrogens with two attached hydrogens (primary N) is 2. The van der Waals surface area contributed by atoms with E-state index in [1.807, 2.05) is 13.8 Å². The molecule has 10 heteroatoms. The Labute approximate surface area is 141 Å². The van der Waals surface area contributed by atoms with Gasteiger partial charge in [0.2, 0.25) is 11.8 Å². The average Bonchev–Trinajstić information content (AvgIpc) is 2.46. The van der Waals surface area contributed by atoms with Gasteiger partial charge in [-0.2, -0.15) is 0 Å². The number of aliphatic carboxylic acids is 1. The minimum atomic E-state index is -1.17. The third-order valence-electron chi connectivity index (χ3n) is 3.10. The van der Waals surface area contributed by atoms with E-state index in [-0.39, 0.29) is 24.8 Å². The molecule has 0 aromatic heterocycles. The molecule has 0 aromatic rings. The summed E-state index contributed by atoms with van der Waals surface area (Å²) in [6.07, 6.45) is 1.07. The minimum absolute atomic E-state index is 0.169. The highest BCUT2D eigenvalue weighted by atomic mass is 16.4. The van der Waals surface area contributed by atoms with Crippen LogP contribution in [0.1, 0.15) is 33.1 Å². The van der Waals surface area contributed by atoms with Crippen LogP contribution in [0, 0.1) is 11.3 Å². The summed E-state index contributed by atoms with van der Waals surface area (Å²) < 4.78 is 0. The van der Waals surface area contributed by atoms with Crippen LogP contribution in [0.15, 0.2) is 0 Å². The number of amides is 2. The summed E-state index contributed by atoms with van der Waals surface area (Å²) in [5.74, 6) is -2.18. The number of carbonyl (C=O) groups is 3. The molecule has 0 spiro atoms. The normalized spacial score (nSPS) is 13.0. The fraction of sp³-hybridized carbons (Fsp3) is 0.714. The number of hydrogen-bond acceptors (Lipinski definition) is 5. The first-order valence-corrected chi connectivity index (χ1v) is 7.76. The summed E-state index contributed by atoms with van der Waals surface area (Å²) in [7, 11) is 0. The van der Waals surface area contributed by atoms with Gasteiger partial charge < -0.3 is 32.5 Å². The zero-order valence-corrected chi connectivity index (χ0v) is 14.1. The van der Waals surface area contributed by atoms with Crippen LogP contribution in [-0.2, 0) is 14.4 Å². The lowest BCUT2D eigenvalue weighted by molar-refractivity contribution is -0.142. The van der Waals surface area contributed by atoms with Gasteiger partial charge in [0, 0.05) is 6.54 Å². The number of carbonyl (C=O) groups excluding carboxylic acids is 2. The quantitative estimate of drug-likeness (QED) is 0.132. The van der Waals surface area contributed by atoms with Crippen LogP contribution in [0.2, 0.25) is 0 Å². The lowest BCUT2D eigenvalue weighted by Gasteiger charge is -2.16. The van der Waals surface area contributed by atoms with Crippen molar-refractivity contribution in [1.82, 2.24) is 16.0 Å². The molecule has 10 nitrogen and oxygen atoms in total. The standard InChI is InChI=1S/C14H28N6O4/c1-8(2)6-9(15)12(22)19-7-11(21)20-10(13(23)24)4-3-5-18-14(16)17/h8-10H,3-7,15H2,1-2H3,(H,19,22)(H,20,21)(H,23,24)(H4,16,17,18)/t9-,10-/m0/s1. The maximum atomic E-state index is 11.7. The summed E-state index contributed by atoms with van der Waals surface area (Å²) in [4.78, 5) is 34.6. The Morgan fingerprint density at radius 2 is 1.83 bits per heavy atom. The van der Waals surface area contributed by atoms with Crippen molar-refractivity contribution in [2.24, 2.45) is 17.4 Å². The van der Waals surface area contributed by atoms with E-state index in [0.717, 1.165) is 0 Å². The topological polar surface area (TPSA) is 183 Å². The van der Waals surface area contributed by atoms with E-state index >= 15 is 0 Å². The number of guanidine groups is 1. The highest BCUT2D eigenvalue weighted by molar-refractivity contribution is 5.89. The van der Waals surface area contributed by atoms with E-state index in [0.29, 0.717) is 19.4 Å². The molecule has 0 fully saturated rings. The summed E-state index contributed by atoms with van der Waals surface area (Å²) in [6.45, 7) is 3.85. The fourth-order valence-corrected chi connectivity index (χ4v) is 1.95. The second kappa shape index (κ2) is 11.2. The minimum Gasteiger partial charge on any atom is -0.480 e. The molecule has 0 heterocycles. The Bertz CT molecular complexity index is 455. The van der Waals surface area contributed by atoms with Crippen molar-refractivity contribution < 1.29 is 19.5 Å². The van der Waals surface area contributed by atoms with Crippen LogP contribution in [0.5, 0.6) is 0 Å². The summed E-state index contributed by atoms with van der Waals surface area (Å²) >= 11 is 0. The monoisotopic (exact) mass is 344 g/mol. The zero-order chi connectivity index (χ0) is 18.7. The second-order valence-corrected chi connectivity index (χ2v) is 5.89. The van der Waals surface area contributed by atoms with Crippen molar-refractivity contribution in [2.45, 2.75) is 45.2 Å². The van der Waals surface area contributed by atoms with Crippen molar-refractivity contribution in [3.63, 3.8) is 0 Å². The summed E-state index contributed by atoms with van der Waals surface area (Å²) in [5.41, 5.74) is 10.8. The molecule has 138 valence electrons. The highest BCUT2D eigenvalue weighted by Gasteiger charge is 2.20. The molecule has 0 aliphatic heterocycles. The SMILES string of the molecule is CC(C)C[C@H](N)C(=O)NCC(=O)N[C@@H](CCCNC(=N)N)C(=O)O. The summed E-state index contributed by atoms with van der Waals surface area (Å²) in [6, 6.07) is -1.78. The molecule has 0 bridgehead atoms. The molecule has 24 heavy (non-hydrogen) atoms. The Hall–Kier alpha value is -2.36. The zero-order valence-electron chi connectivity index (χ0n) is 14.1.